The second kappa shape index (κ2) is 16.5. The number of carbonyl (C=O) groups excluding carboxylic acids is 1. The van der Waals surface area contributed by atoms with Gasteiger partial charge in [0.25, 0.3) is 0 Å². The second-order valence-electron chi connectivity index (χ2n) is 8.77. The summed E-state index contributed by atoms with van der Waals surface area (Å²) < 4.78 is 7.94. The van der Waals surface area contributed by atoms with Crippen molar-refractivity contribution in [1.29, 1.82) is 0 Å². The van der Waals surface area contributed by atoms with Crippen LogP contribution >= 0.6 is 11.6 Å². The topological polar surface area (TPSA) is 42.2 Å². The lowest BCUT2D eigenvalue weighted by Crippen LogP contribution is -2.31. The minimum Gasteiger partial charge on any atom is -0.494 e. The maximum atomic E-state index is 12.3. The van der Waals surface area contributed by atoms with Crippen molar-refractivity contribution in [3.8, 4) is 5.75 Å². The van der Waals surface area contributed by atoms with Gasteiger partial charge in [-0.15, -0.1) is 0 Å². The normalized spacial score (nSPS) is 10.9. The Hall–Kier alpha value is -2.07. The molecule has 2 rings (SSSR count). The van der Waals surface area contributed by atoms with Crippen molar-refractivity contribution in [3.63, 3.8) is 0 Å². The molecule has 33 heavy (non-hydrogen) atoms. The molecule has 1 amide bonds. The molecule has 1 aromatic heterocycles. The van der Waals surface area contributed by atoms with Gasteiger partial charge in [-0.1, -0.05) is 82.4 Å². The molecule has 1 heterocycles. The minimum atomic E-state index is -0.0387. The molecule has 0 spiro atoms. The van der Waals surface area contributed by atoms with Crippen molar-refractivity contribution in [3.05, 3.63) is 58.9 Å². The third-order valence-corrected chi connectivity index (χ3v) is 6.31. The zero-order valence-corrected chi connectivity index (χ0v) is 21.3. The monoisotopic (exact) mass is 473 g/mol. The lowest BCUT2D eigenvalue weighted by atomic mass is 10.1. The minimum absolute atomic E-state index is 0.0387. The standard InChI is InChI=1S/C28H41ClN2O2/c1-3-5-6-7-8-9-10-11-12-13-20-33-26-15-14-25(27(29)22-26)21-28(32)30-23-24-16-18-31(4-2)19-17-24/h14-19,22H,3-13,20-21,23H2,1-2H3/p+1. The summed E-state index contributed by atoms with van der Waals surface area (Å²) in [5.41, 5.74) is 1.90. The van der Waals surface area contributed by atoms with E-state index in [0.717, 1.165) is 29.8 Å². The predicted molar refractivity (Wildman–Crippen MR) is 137 cm³/mol. The van der Waals surface area contributed by atoms with Gasteiger partial charge < -0.3 is 10.1 Å². The highest BCUT2D eigenvalue weighted by Gasteiger charge is 2.09. The number of aromatic nitrogens is 1. The summed E-state index contributed by atoms with van der Waals surface area (Å²) >= 11 is 6.40. The molecule has 2 aromatic rings. The molecule has 0 aliphatic carbocycles. The van der Waals surface area contributed by atoms with Crippen LogP contribution < -0.4 is 14.6 Å². The van der Waals surface area contributed by atoms with Crippen molar-refractivity contribution >= 4 is 17.5 Å². The largest absolute Gasteiger partial charge is 0.494 e. The Morgan fingerprint density at radius 1 is 0.909 bits per heavy atom. The first-order valence-corrected chi connectivity index (χ1v) is 13.2. The highest BCUT2D eigenvalue weighted by molar-refractivity contribution is 6.31. The van der Waals surface area contributed by atoms with Gasteiger partial charge in [0, 0.05) is 23.7 Å². The van der Waals surface area contributed by atoms with Crippen LogP contribution in [-0.2, 0) is 24.3 Å². The maximum Gasteiger partial charge on any atom is 0.224 e. The first kappa shape index (κ1) is 27.2. The third-order valence-electron chi connectivity index (χ3n) is 5.96. The number of amides is 1. The summed E-state index contributed by atoms with van der Waals surface area (Å²) in [6.07, 6.45) is 17.4. The molecular weight excluding hydrogens is 432 g/mol. The smallest absolute Gasteiger partial charge is 0.224 e. The number of benzene rings is 1. The molecular formula is C28H42ClN2O2+. The predicted octanol–water partition coefficient (Wildman–Crippen LogP) is 6.81. The fraction of sp³-hybridized carbons (Fsp3) is 0.571. The van der Waals surface area contributed by atoms with E-state index in [2.05, 4.69) is 23.7 Å². The third kappa shape index (κ3) is 11.6. The van der Waals surface area contributed by atoms with Gasteiger partial charge in [0.15, 0.2) is 12.4 Å². The van der Waals surface area contributed by atoms with Crippen LogP contribution in [0, 0.1) is 0 Å². The van der Waals surface area contributed by atoms with Gasteiger partial charge in [-0.05, 0) is 36.6 Å². The quantitative estimate of drug-likeness (QED) is 0.202. The van der Waals surface area contributed by atoms with Gasteiger partial charge in [-0.25, -0.2) is 4.57 Å². The molecule has 182 valence electrons. The summed E-state index contributed by atoms with van der Waals surface area (Å²) in [5.74, 6) is 0.733. The van der Waals surface area contributed by atoms with Crippen LogP contribution in [0.2, 0.25) is 5.02 Å². The van der Waals surface area contributed by atoms with Gasteiger partial charge in [-0.3, -0.25) is 4.79 Å². The van der Waals surface area contributed by atoms with Crippen LogP contribution in [0.25, 0.3) is 0 Å². The van der Waals surface area contributed by atoms with Gasteiger partial charge in [0.1, 0.15) is 12.3 Å². The molecule has 0 fully saturated rings. The van der Waals surface area contributed by atoms with E-state index in [1.165, 1.54) is 57.8 Å². The van der Waals surface area contributed by atoms with E-state index in [9.17, 15) is 4.79 Å². The lowest BCUT2D eigenvalue weighted by Gasteiger charge is -2.10. The Morgan fingerprint density at radius 3 is 2.15 bits per heavy atom. The molecule has 0 atom stereocenters. The van der Waals surface area contributed by atoms with Crippen molar-refractivity contribution < 1.29 is 14.1 Å². The summed E-state index contributed by atoms with van der Waals surface area (Å²) in [4.78, 5) is 12.3. The number of aryl methyl sites for hydroxylation is 1. The van der Waals surface area contributed by atoms with Crippen molar-refractivity contribution in [2.45, 2.75) is 97.6 Å². The summed E-state index contributed by atoms with van der Waals surface area (Å²) in [7, 11) is 0. The van der Waals surface area contributed by atoms with E-state index in [1.807, 2.05) is 42.7 Å². The van der Waals surface area contributed by atoms with Crippen molar-refractivity contribution in [1.82, 2.24) is 5.32 Å². The number of carbonyl (C=O) groups is 1. The average Bonchev–Trinajstić information content (AvgIpc) is 2.83. The zero-order valence-electron chi connectivity index (χ0n) is 20.6. The Kier molecular flexibility index (Phi) is 13.6. The van der Waals surface area contributed by atoms with E-state index >= 15 is 0 Å². The van der Waals surface area contributed by atoms with Crippen molar-refractivity contribution in [2.75, 3.05) is 6.61 Å². The van der Waals surface area contributed by atoms with Crippen LogP contribution in [0.1, 0.15) is 89.2 Å². The molecule has 0 saturated carbocycles. The SMILES string of the molecule is CCCCCCCCCCCCOc1ccc(CC(=O)NCc2cc[n+](CC)cc2)c(Cl)c1. The number of ether oxygens (including phenoxy) is 1. The number of nitrogens with zero attached hydrogens (tertiary/aromatic N) is 1. The summed E-state index contributed by atoms with van der Waals surface area (Å²) in [6.45, 7) is 6.52. The van der Waals surface area contributed by atoms with E-state index in [0.29, 0.717) is 18.2 Å². The molecule has 0 saturated heterocycles. The average molecular weight is 474 g/mol. The van der Waals surface area contributed by atoms with Crippen LogP contribution in [0.15, 0.2) is 42.7 Å². The number of hydrogen-bond donors (Lipinski definition) is 1. The molecule has 5 heteroatoms. The van der Waals surface area contributed by atoms with Crippen LogP contribution in [0.5, 0.6) is 5.75 Å². The van der Waals surface area contributed by atoms with Gasteiger partial charge in [-0.2, -0.15) is 0 Å². The molecule has 0 aliphatic heterocycles. The van der Waals surface area contributed by atoms with Gasteiger partial charge >= 0.3 is 0 Å². The fourth-order valence-electron chi connectivity index (χ4n) is 3.79. The Balaban J connectivity index is 1.60. The molecule has 0 bridgehead atoms. The zero-order chi connectivity index (χ0) is 23.7. The highest BCUT2D eigenvalue weighted by Crippen LogP contribution is 2.23. The van der Waals surface area contributed by atoms with Crippen LogP contribution in [-0.4, -0.2) is 12.5 Å². The Labute approximate surface area is 205 Å². The summed E-state index contributed by atoms with van der Waals surface area (Å²) in [5, 5.41) is 3.54. The molecule has 4 nitrogen and oxygen atoms in total. The second-order valence-corrected chi connectivity index (χ2v) is 9.18. The number of hydrogen-bond acceptors (Lipinski definition) is 2. The highest BCUT2D eigenvalue weighted by atomic mass is 35.5. The molecule has 1 aromatic carbocycles. The van der Waals surface area contributed by atoms with Crippen LogP contribution in [0.4, 0.5) is 0 Å². The number of halogens is 1. The van der Waals surface area contributed by atoms with Gasteiger partial charge in [0.2, 0.25) is 5.91 Å². The summed E-state index contributed by atoms with van der Waals surface area (Å²) in [6, 6.07) is 9.67. The van der Waals surface area contributed by atoms with E-state index in [4.69, 9.17) is 16.3 Å². The first-order valence-electron chi connectivity index (χ1n) is 12.8. The van der Waals surface area contributed by atoms with E-state index in [-0.39, 0.29) is 12.3 Å². The Bertz CT molecular complexity index is 808. The molecule has 0 aliphatic rings. The fourth-order valence-corrected chi connectivity index (χ4v) is 4.03. The number of rotatable bonds is 17. The number of unbranched alkanes of at least 4 members (excludes halogenated alkanes) is 9. The van der Waals surface area contributed by atoms with E-state index in [1.54, 1.807) is 0 Å². The number of pyridine rings is 1. The van der Waals surface area contributed by atoms with Crippen LogP contribution in [0.3, 0.4) is 0 Å². The van der Waals surface area contributed by atoms with Gasteiger partial charge in [0.05, 0.1) is 13.0 Å². The molecule has 0 unspecified atom stereocenters. The maximum absolute atomic E-state index is 12.3. The first-order chi connectivity index (χ1) is 16.1. The lowest BCUT2D eigenvalue weighted by molar-refractivity contribution is -0.693. The Morgan fingerprint density at radius 2 is 1.55 bits per heavy atom. The van der Waals surface area contributed by atoms with E-state index < -0.39 is 0 Å². The van der Waals surface area contributed by atoms with Crippen molar-refractivity contribution in [2.24, 2.45) is 0 Å². The number of nitrogens with one attached hydrogen (secondary N) is 1. The molecule has 1 N–H and O–H groups in total. The molecule has 0 radical (unpaired) electrons.